The van der Waals surface area contributed by atoms with Gasteiger partial charge < -0.3 is 5.32 Å². The minimum absolute atomic E-state index is 0.568. The Balaban J connectivity index is 2.11. The average molecular weight is 215 g/mol. The molecule has 16 heavy (non-hydrogen) atoms. The van der Waals surface area contributed by atoms with Gasteiger partial charge in [0.15, 0.2) is 0 Å². The van der Waals surface area contributed by atoms with E-state index in [-0.39, 0.29) is 0 Å². The molecule has 0 aliphatic heterocycles. The van der Waals surface area contributed by atoms with Gasteiger partial charge in [0.25, 0.3) is 0 Å². The zero-order chi connectivity index (χ0) is 11.6. The van der Waals surface area contributed by atoms with Gasteiger partial charge in [-0.05, 0) is 38.3 Å². The number of benzene rings is 1. The minimum Gasteiger partial charge on any atom is -0.314 e. The average Bonchev–Trinajstić information content (AvgIpc) is 2.33. The van der Waals surface area contributed by atoms with Crippen LogP contribution in [0.4, 0.5) is 0 Å². The first-order valence-electron chi connectivity index (χ1n) is 6.03. The van der Waals surface area contributed by atoms with Crippen LogP contribution in [0.25, 0.3) is 0 Å². The van der Waals surface area contributed by atoms with Crippen molar-refractivity contribution in [3.05, 3.63) is 35.9 Å². The van der Waals surface area contributed by atoms with Crippen LogP contribution < -0.4 is 5.32 Å². The molecule has 0 fully saturated rings. The summed E-state index contributed by atoms with van der Waals surface area (Å²) in [5.74, 6) is 2.66. The fraction of sp³-hybridized carbons (Fsp3) is 0.467. The molecule has 86 valence electrons. The summed E-state index contributed by atoms with van der Waals surface area (Å²) in [5, 5.41) is 3.49. The molecule has 0 aliphatic rings. The SMILES string of the molecule is C#CCCCNC(C)CCc1ccccc1. The largest absolute Gasteiger partial charge is 0.314 e. The fourth-order valence-electron chi connectivity index (χ4n) is 1.67. The van der Waals surface area contributed by atoms with E-state index in [0.29, 0.717) is 6.04 Å². The molecular weight excluding hydrogens is 194 g/mol. The summed E-state index contributed by atoms with van der Waals surface area (Å²) < 4.78 is 0. The molecule has 0 amide bonds. The van der Waals surface area contributed by atoms with Crippen LogP contribution in [0.2, 0.25) is 0 Å². The minimum atomic E-state index is 0.568. The second-order valence-corrected chi connectivity index (χ2v) is 4.19. The van der Waals surface area contributed by atoms with E-state index in [1.54, 1.807) is 0 Å². The van der Waals surface area contributed by atoms with Crippen LogP contribution in [0.1, 0.15) is 31.7 Å². The van der Waals surface area contributed by atoms with E-state index in [9.17, 15) is 0 Å². The lowest BCUT2D eigenvalue weighted by Gasteiger charge is -2.13. The summed E-state index contributed by atoms with van der Waals surface area (Å²) >= 11 is 0. The van der Waals surface area contributed by atoms with Crippen molar-refractivity contribution < 1.29 is 0 Å². The summed E-state index contributed by atoms with van der Waals surface area (Å²) in [6.07, 6.45) is 9.47. The van der Waals surface area contributed by atoms with Crippen molar-refractivity contribution in [2.45, 2.75) is 38.6 Å². The first kappa shape index (κ1) is 12.8. The third-order valence-electron chi connectivity index (χ3n) is 2.70. The Morgan fingerprint density at radius 3 is 2.75 bits per heavy atom. The molecule has 1 aromatic carbocycles. The summed E-state index contributed by atoms with van der Waals surface area (Å²) in [6.45, 7) is 3.26. The Morgan fingerprint density at radius 2 is 2.06 bits per heavy atom. The third-order valence-corrected chi connectivity index (χ3v) is 2.70. The predicted octanol–water partition coefficient (Wildman–Crippen LogP) is 3.01. The van der Waals surface area contributed by atoms with E-state index in [4.69, 9.17) is 6.42 Å². The summed E-state index contributed by atoms with van der Waals surface area (Å²) in [7, 11) is 0. The molecule has 1 nitrogen and oxygen atoms in total. The quantitative estimate of drug-likeness (QED) is 0.544. The van der Waals surface area contributed by atoms with E-state index in [0.717, 1.165) is 25.8 Å². The van der Waals surface area contributed by atoms with Gasteiger partial charge in [-0.1, -0.05) is 30.3 Å². The van der Waals surface area contributed by atoms with Crippen molar-refractivity contribution in [2.24, 2.45) is 0 Å². The lowest BCUT2D eigenvalue weighted by atomic mass is 10.1. The third kappa shape index (κ3) is 5.58. The van der Waals surface area contributed by atoms with Crippen molar-refractivity contribution >= 4 is 0 Å². The molecule has 0 spiro atoms. The molecule has 0 heterocycles. The van der Waals surface area contributed by atoms with Gasteiger partial charge in [0, 0.05) is 12.5 Å². The number of aryl methyl sites for hydroxylation is 1. The molecule has 0 bridgehead atoms. The Bertz CT molecular complexity index is 310. The smallest absolute Gasteiger partial charge is 0.00981 e. The van der Waals surface area contributed by atoms with Gasteiger partial charge in [-0.2, -0.15) is 0 Å². The van der Waals surface area contributed by atoms with Crippen molar-refractivity contribution in [1.82, 2.24) is 5.32 Å². The molecule has 0 saturated heterocycles. The van der Waals surface area contributed by atoms with E-state index in [1.165, 1.54) is 12.0 Å². The highest BCUT2D eigenvalue weighted by molar-refractivity contribution is 5.14. The van der Waals surface area contributed by atoms with Crippen molar-refractivity contribution in [2.75, 3.05) is 6.54 Å². The highest BCUT2D eigenvalue weighted by atomic mass is 14.9. The van der Waals surface area contributed by atoms with Gasteiger partial charge in [-0.25, -0.2) is 0 Å². The molecule has 0 aliphatic carbocycles. The fourth-order valence-corrected chi connectivity index (χ4v) is 1.67. The Hall–Kier alpha value is -1.26. The van der Waals surface area contributed by atoms with Gasteiger partial charge >= 0.3 is 0 Å². The van der Waals surface area contributed by atoms with Gasteiger partial charge in [-0.15, -0.1) is 12.3 Å². The highest BCUT2D eigenvalue weighted by Crippen LogP contribution is 2.04. The topological polar surface area (TPSA) is 12.0 Å². The van der Waals surface area contributed by atoms with Crippen molar-refractivity contribution in [1.29, 1.82) is 0 Å². The number of hydrogen-bond acceptors (Lipinski definition) is 1. The maximum atomic E-state index is 5.20. The van der Waals surface area contributed by atoms with Crippen LogP contribution in [0, 0.1) is 12.3 Å². The first-order valence-corrected chi connectivity index (χ1v) is 6.03. The lowest BCUT2D eigenvalue weighted by molar-refractivity contribution is 0.509. The van der Waals surface area contributed by atoms with Crippen LogP contribution in [0.15, 0.2) is 30.3 Å². The Kier molecular flexibility index (Phi) is 6.37. The molecular formula is C15H21N. The zero-order valence-corrected chi connectivity index (χ0v) is 10.1. The second-order valence-electron chi connectivity index (χ2n) is 4.19. The van der Waals surface area contributed by atoms with Crippen molar-refractivity contribution in [3.63, 3.8) is 0 Å². The van der Waals surface area contributed by atoms with Crippen LogP contribution in [-0.4, -0.2) is 12.6 Å². The van der Waals surface area contributed by atoms with Crippen LogP contribution >= 0.6 is 0 Å². The molecule has 0 radical (unpaired) electrons. The monoisotopic (exact) mass is 215 g/mol. The van der Waals surface area contributed by atoms with E-state index in [2.05, 4.69) is 48.5 Å². The number of nitrogens with one attached hydrogen (secondary N) is 1. The molecule has 1 atom stereocenters. The molecule has 1 rings (SSSR count). The standard InChI is InChI=1S/C15H21N/c1-3-4-8-13-16-14(2)11-12-15-9-6-5-7-10-15/h1,5-7,9-10,14,16H,4,8,11-13H2,2H3. The van der Waals surface area contributed by atoms with Gasteiger partial charge in [0.05, 0.1) is 0 Å². The maximum absolute atomic E-state index is 5.20. The number of hydrogen-bond donors (Lipinski definition) is 1. The zero-order valence-electron chi connectivity index (χ0n) is 10.1. The summed E-state index contributed by atoms with van der Waals surface area (Å²) in [6, 6.07) is 11.2. The lowest BCUT2D eigenvalue weighted by Crippen LogP contribution is -2.27. The van der Waals surface area contributed by atoms with E-state index in [1.807, 2.05) is 0 Å². The van der Waals surface area contributed by atoms with Crippen LogP contribution in [-0.2, 0) is 6.42 Å². The number of terminal acetylenes is 1. The molecule has 1 heteroatoms. The molecule has 1 aromatic rings. The predicted molar refractivity (Wildman–Crippen MR) is 70.3 cm³/mol. The summed E-state index contributed by atoms with van der Waals surface area (Å²) in [4.78, 5) is 0. The highest BCUT2D eigenvalue weighted by Gasteiger charge is 2.00. The Labute approximate surface area is 99.3 Å². The van der Waals surface area contributed by atoms with Crippen LogP contribution in [0.3, 0.4) is 0 Å². The summed E-state index contributed by atoms with van der Waals surface area (Å²) in [5.41, 5.74) is 1.42. The number of unbranched alkanes of at least 4 members (excludes halogenated alkanes) is 1. The molecule has 0 saturated carbocycles. The first-order chi connectivity index (χ1) is 7.83. The number of rotatable bonds is 7. The van der Waals surface area contributed by atoms with Gasteiger partial charge in [0.1, 0.15) is 0 Å². The van der Waals surface area contributed by atoms with Gasteiger partial charge in [0.2, 0.25) is 0 Å². The normalized spacial score (nSPS) is 12.0. The molecule has 0 aromatic heterocycles. The molecule has 1 unspecified atom stereocenters. The van der Waals surface area contributed by atoms with E-state index < -0.39 is 0 Å². The maximum Gasteiger partial charge on any atom is 0.00981 e. The second kappa shape index (κ2) is 7.96. The van der Waals surface area contributed by atoms with Gasteiger partial charge in [-0.3, -0.25) is 0 Å². The van der Waals surface area contributed by atoms with Crippen molar-refractivity contribution in [3.8, 4) is 12.3 Å². The molecule has 1 N–H and O–H groups in total. The van der Waals surface area contributed by atoms with E-state index >= 15 is 0 Å². The van der Waals surface area contributed by atoms with Crippen LogP contribution in [0.5, 0.6) is 0 Å². The Morgan fingerprint density at radius 1 is 1.31 bits per heavy atom.